The number of nitrogens with one attached hydrogen (secondary N) is 2. The van der Waals surface area contributed by atoms with Crippen molar-refractivity contribution in [2.75, 3.05) is 17.0 Å². The lowest BCUT2D eigenvalue weighted by Gasteiger charge is -2.13. The Bertz CT molecular complexity index is 1240. The number of benzene rings is 2. The monoisotopic (exact) mass is 619 g/mol. The fourth-order valence-electron chi connectivity index (χ4n) is 4.25. The number of unbranched alkanes of at least 4 members (excludes halogenated alkanes) is 13. The molecular formula is C28H43Cl2N3O4S2. The Morgan fingerprint density at radius 1 is 0.641 bits per heavy atom. The molecule has 39 heavy (non-hydrogen) atoms. The van der Waals surface area contributed by atoms with Gasteiger partial charge in [-0.2, -0.15) is 0 Å². The number of halogens is 2. The van der Waals surface area contributed by atoms with Crippen LogP contribution in [0.1, 0.15) is 96.8 Å². The van der Waals surface area contributed by atoms with Gasteiger partial charge in [0.25, 0.3) is 10.0 Å². The Kier molecular flexibility index (Phi) is 15.0. The van der Waals surface area contributed by atoms with Gasteiger partial charge in [0.05, 0.1) is 31.2 Å². The predicted molar refractivity (Wildman–Crippen MR) is 164 cm³/mol. The minimum atomic E-state index is -4.07. The standard InChI is InChI=1S/C28H43Cl2N3O4S2/c1-2-3-4-5-6-7-8-9-10-11-12-13-14-15-20-32-38(34,35)24-17-19-26(30)28(22-24)33-39(36,37)23-16-18-25(29)27(31)21-23/h16-19,21-22,32-33H,2-15,20,31H2,1H3. The van der Waals surface area contributed by atoms with E-state index in [1.165, 1.54) is 107 Å². The fraction of sp³-hybridized carbons (Fsp3) is 0.571. The van der Waals surface area contributed by atoms with Gasteiger partial charge in [0, 0.05) is 6.54 Å². The molecule has 2 aromatic carbocycles. The zero-order chi connectivity index (χ0) is 28.7. The molecule has 2 rings (SSSR count). The van der Waals surface area contributed by atoms with Gasteiger partial charge in [-0.15, -0.1) is 0 Å². The average Bonchev–Trinajstić information content (AvgIpc) is 2.89. The van der Waals surface area contributed by atoms with E-state index in [4.69, 9.17) is 28.9 Å². The van der Waals surface area contributed by atoms with Crippen molar-refractivity contribution in [3.05, 3.63) is 46.4 Å². The maximum atomic E-state index is 12.8. The molecule has 4 N–H and O–H groups in total. The first-order valence-electron chi connectivity index (χ1n) is 13.9. The van der Waals surface area contributed by atoms with Gasteiger partial charge in [-0.25, -0.2) is 21.6 Å². The quantitative estimate of drug-likeness (QED) is 0.102. The topological polar surface area (TPSA) is 118 Å². The maximum Gasteiger partial charge on any atom is 0.262 e. The molecule has 0 saturated carbocycles. The van der Waals surface area contributed by atoms with Gasteiger partial charge in [0.1, 0.15) is 0 Å². The smallest absolute Gasteiger partial charge is 0.262 e. The van der Waals surface area contributed by atoms with Crippen LogP contribution >= 0.6 is 23.2 Å². The van der Waals surface area contributed by atoms with Gasteiger partial charge in [-0.3, -0.25) is 4.72 Å². The third-order valence-corrected chi connectivity index (χ3v) is 10.1. The van der Waals surface area contributed by atoms with Gasteiger partial charge in [-0.05, 0) is 42.8 Å². The van der Waals surface area contributed by atoms with Gasteiger partial charge in [0.2, 0.25) is 10.0 Å². The third kappa shape index (κ3) is 12.3. The summed E-state index contributed by atoms with van der Waals surface area (Å²) in [5, 5.41) is 0.288. The van der Waals surface area contributed by atoms with E-state index in [0.717, 1.165) is 19.3 Å². The minimum absolute atomic E-state index is 0.0513. The molecule has 0 bridgehead atoms. The summed E-state index contributed by atoms with van der Waals surface area (Å²) in [7, 11) is -7.90. The zero-order valence-corrected chi connectivity index (χ0v) is 26.0. The van der Waals surface area contributed by atoms with Crippen molar-refractivity contribution in [1.82, 2.24) is 4.72 Å². The highest BCUT2D eigenvalue weighted by Gasteiger charge is 2.20. The Hall–Kier alpha value is -1.52. The van der Waals surface area contributed by atoms with E-state index in [0.29, 0.717) is 6.54 Å². The number of hydrogen-bond acceptors (Lipinski definition) is 5. The molecule has 0 spiro atoms. The molecule has 0 saturated heterocycles. The lowest BCUT2D eigenvalue weighted by atomic mass is 10.0. The summed E-state index contributed by atoms with van der Waals surface area (Å²) in [5.74, 6) is 0. The normalized spacial score (nSPS) is 12.1. The van der Waals surface area contributed by atoms with E-state index in [1.807, 2.05) is 0 Å². The van der Waals surface area contributed by atoms with Gasteiger partial charge in [-0.1, -0.05) is 114 Å². The molecule has 0 aliphatic rings. The molecule has 0 heterocycles. The van der Waals surface area contributed by atoms with Crippen LogP contribution in [0.4, 0.5) is 11.4 Å². The third-order valence-electron chi connectivity index (χ3n) is 6.59. The first-order chi connectivity index (χ1) is 18.6. The van der Waals surface area contributed by atoms with Crippen LogP contribution in [-0.2, 0) is 20.0 Å². The molecule has 0 aliphatic carbocycles. The minimum Gasteiger partial charge on any atom is -0.397 e. The molecule has 0 unspecified atom stereocenters. The highest BCUT2D eigenvalue weighted by atomic mass is 35.5. The van der Waals surface area contributed by atoms with E-state index in [-0.39, 0.29) is 31.2 Å². The maximum absolute atomic E-state index is 12.8. The molecule has 2 aromatic rings. The molecule has 0 amide bonds. The van der Waals surface area contributed by atoms with Crippen molar-refractivity contribution in [2.24, 2.45) is 0 Å². The molecular weight excluding hydrogens is 577 g/mol. The predicted octanol–water partition coefficient (Wildman–Crippen LogP) is 8.14. The van der Waals surface area contributed by atoms with Crippen LogP contribution in [0.15, 0.2) is 46.2 Å². The van der Waals surface area contributed by atoms with Crippen LogP contribution in [0.5, 0.6) is 0 Å². The second-order valence-electron chi connectivity index (χ2n) is 9.92. The summed E-state index contributed by atoms with van der Waals surface area (Å²) in [6.45, 7) is 2.56. The average molecular weight is 621 g/mol. The van der Waals surface area contributed by atoms with Crippen LogP contribution in [-0.4, -0.2) is 23.4 Å². The molecule has 0 radical (unpaired) electrons. The Labute approximate surface area is 245 Å². The SMILES string of the molecule is CCCCCCCCCCCCCCCCNS(=O)(=O)c1ccc(Cl)c(NS(=O)(=O)c2ccc(Cl)c(N)c2)c1. The molecule has 0 aromatic heterocycles. The molecule has 0 aliphatic heterocycles. The summed E-state index contributed by atoms with van der Waals surface area (Å²) in [6.07, 6.45) is 17.2. The van der Waals surface area contributed by atoms with Crippen molar-refractivity contribution in [3.63, 3.8) is 0 Å². The van der Waals surface area contributed by atoms with Crippen molar-refractivity contribution in [2.45, 2.75) is 107 Å². The second kappa shape index (κ2) is 17.3. The lowest BCUT2D eigenvalue weighted by molar-refractivity contribution is 0.533. The summed E-state index contributed by atoms with van der Waals surface area (Å²) in [4.78, 5) is -0.199. The first kappa shape index (κ1) is 33.7. The Morgan fingerprint density at radius 2 is 1.10 bits per heavy atom. The fourth-order valence-corrected chi connectivity index (χ4v) is 6.80. The summed E-state index contributed by atoms with van der Waals surface area (Å²) in [5.41, 5.74) is 5.77. The van der Waals surface area contributed by atoms with Crippen LogP contribution in [0.2, 0.25) is 10.0 Å². The number of sulfonamides is 2. The number of nitrogens with two attached hydrogens (primary N) is 1. The number of nitrogen functional groups attached to an aromatic ring is 1. The second-order valence-corrected chi connectivity index (χ2v) is 14.2. The number of hydrogen-bond donors (Lipinski definition) is 3. The van der Waals surface area contributed by atoms with Crippen LogP contribution in [0, 0.1) is 0 Å². The van der Waals surface area contributed by atoms with E-state index in [1.54, 1.807) is 0 Å². The van der Waals surface area contributed by atoms with E-state index >= 15 is 0 Å². The number of anilines is 2. The largest absolute Gasteiger partial charge is 0.397 e. The van der Waals surface area contributed by atoms with E-state index < -0.39 is 20.0 Å². The molecule has 220 valence electrons. The Balaban J connectivity index is 1.72. The summed E-state index contributed by atoms with van der Waals surface area (Å²) in [6, 6.07) is 7.78. The van der Waals surface area contributed by atoms with Crippen molar-refractivity contribution in [3.8, 4) is 0 Å². The first-order valence-corrected chi connectivity index (χ1v) is 17.7. The van der Waals surface area contributed by atoms with Gasteiger partial charge < -0.3 is 5.73 Å². The van der Waals surface area contributed by atoms with Gasteiger partial charge >= 0.3 is 0 Å². The lowest BCUT2D eigenvalue weighted by Crippen LogP contribution is -2.25. The van der Waals surface area contributed by atoms with E-state index in [9.17, 15) is 16.8 Å². The summed E-state index contributed by atoms with van der Waals surface area (Å²) < 4.78 is 56.0. The van der Waals surface area contributed by atoms with Crippen molar-refractivity contribution < 1.29 is 16.8 Å². The van der Waals surface area contributed by atoms with Crippen LogP contribution in [0.25, 0.3) is 0 Å². The molecule has 11 heteroatoms. The van der Waals surface area contributed by atoms with Gasteiger partial charge in [0.15, 0.2) is 0 Å². The van der Waals surface area contributed by atoms with Crippen molar-refractivity contribution in [1.29, 1.82) is 0 Å². The Morgan fingerprint density at radius 3 is 1.62 bits per heavy atom. The highest BCUT2D eigenvalue weighted by Crippen LogP contribution is 2.29. The summed E-state index contributed by atoms with van der Waals surface area (Å²) >= 11 is 12.0. The van der Waals surface area contributed by atoms with E-state index in [2.05, 4.69) is 16.4 Å². The van der Waals surface area contributed by atoms with Crippen molar-refractivity contribution >= 4 is 54.6 Å². The van der Waals surface area contributed by atoms with Crippen LogP contribution in [0.3, 0.4) is 0 Å². The molecule has 7 nitrogen and oxygen atoms in total. The zero-order valence-electron chi connectivity index (χ0n) is 22.9. The van der Waals surface area contributed by atoms with Crippen LogP contribution < -0.4 is 15.2 Å². The molecule has 0 atom stereocenters. The highest BCUT2D eigenvalue weighted by molar-refractivity contribution is 7.92. The number of rotatable bonds is 20. The molecule has 0 fully saturated rings.